The summed E-state index contributed by atoms with van der Waals surface area (Å²) in [5, 5.41) is 25.6. The van der Waals surface area contributed by atoms with Crippen LogP contribution in [0.25, 0.3) is 0 Å². The molecule has 10 rings (SSSR count). The van der Waals surface area contributed by atoms with Gasteiger partial charge >= 0.3 is 0 Å². The van der Waals surface area contributed by atoms with Gasteiger partial charge in [0.15, 0.2) is 0 Å². The van der Waals surface area contributed by atoms with Crippen LogP contribution in [0.3, 0.4) is 0 Å². The second-order valence-electron chi connectivity index (χ2n) is 17.5. The standard InChI is InChI=1S/2C17H13ClFN3O.C16H22ClN3O/c2*18-15-4-2-1-3-14(15)16-17(23-16,9-22-11-20-10-21-22)12-5-7-13(19)8-6-12;1-15(2,3)16(21,10-20-12-18-11-19-20)9-8-13-4-6-14(17)7-5-13/h2*1-8,10-11,16H,9H2;4-7,11-12,21H,8-10H2,1-3H3/t2*16-,17-;/m10./s1. The number of aromatic nitrogens is 9. The van der Waals surface area contributed by atoms with Gasteiger partial charge in [0.05, 0.1) is 25.2 Å². The van der Waals surface area contributed by atoms with E-state index in [1.54, 1.807) is 57.3 Å². The highest BCUT2D eigenvalue weighted by Crippen LogP contribution is 2.60. The molecule has 2 fully saturated rings. The maximum atomic E-state index is 13.3. The third-order valence-electron chi connectivity index (χ3n) is 12.2. The zero-order chi connectivity index (χ0) is 47.2. The molecule has 8 aromatic rings. The summed E-state index contributed by atoms with van der Waals surface area (Å²) in [6.45, 7) is 7.54. The first-order valence-corrected chi connectivity index (χ1v) is 22.6. The molecule has 0 amide bonds. The van der Waals surface area contributed by atoms with Gasteiger partial charge in [-0.05, 0) is 83.5 Å². The van der Waals surface area contributed by atoms with Gasteiger partial charge in [0.2, 0.25) is 0 Å². The highest BCUT2D eigenvalue weighted by molar-refractivity contribution is 6.31. The summed E-state index contributed by atoms with van der Waals surface area (Å²) in [6, 6.07) is 35.6. The van der Waals surface area contributed by atoms with Gasteiger partial charge in [-0.3, -0.25) is 4.68 Å². The Kier molecular flexibility index (Phi) is 14.3. The molecule has 2 aliphatic rings. The molecule has 0 saturated carbocycles. The number of ether oxygens (including phenoxy) is 2. The van der Waals surface area contributed by atoms with E-state index in [1.807, 2.05) is 93.6 Å². The summed E-state index contributed by atoms with van der Waals surface area (Å²) in [4.78, 5) is 11.9. The van der Waals surface area contributed by atoms with Crippen molar-refractivity contribution in [3.05, 3.63) is 214 Å². The van der Waals surface area contributed by atoms with Crippen LogP contribution in [0, 0.1) is 17.0 Å². The molecule has 0 bridgehead atoms. The smallest absolute Gasteiger partial charge is 0.144 e. The summed E-state index contributed by atoms with van der Waals surface area (Å²) >= 11 is 18.5. The number of hydrogen-bond donors (Lipinski definition) is 1. The average molecular weight is 967 g/mol. The Labute approximate surface area is 402 Å². The maximum Gasteiger partial charge on any atom is 0.144 e. The molecule has 1 N–H and O–H groups in total. The summed E-state index contributed by atoms with van der Waals surface area (Å²) in [6.07, 6.45) is 10.4. The molecule has 1 unspecified atom stereocenters. The van der Waals surface area contributed by atoms with E-state index in [0.29, 0.717) is 36.1 Å². The molecule has 0 spiro atoms. The molecule has 5 heterocycles. The van der Waals surface area contributed by atoms with Crippen LogP contribution in [-0.2, 0) is 46.7 Å². The minimum atomic E-state index is -0.861. The SMILES string of the molecule is CC(C)(C)C(O)(CCc1ccc(Cl)cc1)Cn1cncn1.Fc1ccc([C@@]2(Cn3cncn3)O[C@@H]2c2ccccc2Cl)cc1.Fc1ccc([C@]2(Cn3cncn3)O[C@H]2c2ccccc2Cl)cc1. The minimum absolute atomic E-state index is 0.203. The van der Waals surface area contributed by atoms with E-state index in [-0.39, 0.29) is 29.3 Å². The zero-order valence-corrected chi connectivity index (χ0v) is 39.1. The van der Waals surface area contributed by atoms with Crippen molar-refractivity contribution in [3.8, 4) is 0 Å². The van der Waals surface area contributed by atoms with Crippen molar-refractivity contribution in [2.45, 2.75) is 82.3 Å². The molecular weight excluding hydrogens is 919 g/mol. The second kappa shape index (κ2) is 20.2. The number of benzene rings is 5. The Balaban J connectivity index is 0.000000136. The summed E-state index contributed by atoms with van der Waals surface area (Å²) < 4.78 is 43.8. The highest BCUT2D eigenvalue weighted by Gasteiger charge is 2.60. The molecule has 5 atom stereocenters. The van der Waals surface area contributed by atoms with Gasteiger partial charge in [0.1, 0.15) is 73.0 Å². The molecule has 17 heteroatoms. The van der Waals surface area contributed by atoms with Crippen molar-refractivity contribution in [2.75, 3.05) is 0 Å². The molecule has 346 valence electrons. The molecule has 67 heavy (non-hydrogen) atoms. The van der Waals surface area contributed by atoms with Crippen LogP contribution in [0.5, 0.6) is 0 Å². The van der Waals surface area contributed by atoms with Crippen LogP contribution in [0.2, 0.25) is 15.1 Å². The monoisotopic (exact) mass is 965 g/mol. The van der Waals surface area contributed by atoms with Gasteiger partial charge in [-0.2, -0.15) is 15.3 Å². The number of epoxide rings is 2. The van der Waals surface area contributed by atoms with Crippen LogP contribution >= 0.6 is 34.8 Å². The van der Waals surface area contributed by atoms with Gasteiger partial charge in [0.25, 0.3) is 0 Å². The molecule has 12 nitrogen and oxygen atoms in total. The van der Waals surface area contributed by atoms with Gasteiger partial charge in [-0.25, -0.2) is 33.1 Å². The quantitative estimate of drug-likeness (QED) is 0.112. The Morgan fingerprint density at radius 1 is 0.582 bits per heavy atom. The zero-order valence-electron chi connectivity index (χ0n) is 36.9. The van der Waals surface area contributed by atoms with E-state index in [1.165, 1.54) is 48.8 Å². The van der Waals surface area contributed by atoms with Crippen LogP contribution in [0.1, 0.15) is 67.2 Å². The molecule has 3 aromatic heterocycles. The van der Waals surface area contributed by atoms with E-state index >= 15 is 0 Å². The first-order valence-electron chi connectivity index (χ1n) is 21.5. The van der Waals surface area contributed by atoms with Crippen molar-refractivity contribution >= 4 is 34.8 Å². The van der Waals surface area contributed by atoms with Crippen molar-refractivity contribution in [1.82, 2.24) is 44.3 Å². The largest absolute Gasteiger partial charge is 0.387 e. The molecule has 2 saturated heterocycles. The third-order valence-corrected chi connectivity index (χ3v) is 13.1. The topological polar surface area (TPSA) is 137 Å². The maximum absolute atomic E-state index is 13.3. The van der Waals surface area contributed by atoms with Gasteiger partial charge in [0, 0.05) is 26.2 Å². The first kappa shape index (κ1) is 47.6. The second-order valence-corrected chi connectivity index (χ2v) is 18.8. The fourth-order valence-electron chi connectivity index (χ4n) is 8.07. The summed E-state index contributed by atoms with van der Waals surface area (Å²) in [5.74, 6) is -0.556. The Bertz CT molecular complexity index is 2670. The van der Waals surface area contributed by atoms with Crippen molar-refractivity contribution < 1.29 is 23.4 Å². The van der Waals surface area contributed by atoms with E-state index in [2.05, 4.69) is 30.2 Å². The van der Waals surface area contributed by atoms with Crippen LogP contribution < -0.4 is 0 Å². The van der Waals surface area contributed by atoms with Gasteiger partial charge in [-0.1, -0.05) is 128 Å². The van der Waals surface area contributed by atoms with Crippen LogP contribution in [-0.4, -0.2) is 55.0 Å². The van der Waals surface area contributed by atoms with Crippen molar-refractivity contribution in [3.63, 3.8) is 0 Å². The third kappa shape index (κ3) is 11.1. The van der Waals surface area contributed by atoms with Crippen molar-refractivity contribution in [1.29, 1.82) is 0 Å². The number of halogens is 5. The number of rotatable bonds is 13. The van der Waals surface area contributed by atoms with E-state index in [9.17, 15) is 13.9 Å². The van der Waals surface area contributed by atoms with E-state index < -0.39 is 16.8 Å². The lowest BCUT2D eigenvalue weighted by atomic mass is 9.73. The molecule has 0 radical (unpaired) electrons. The number of aryl methyl sites for hydroxylation is 1. The van der Waals surface area contributed by atoms with E-state index in [4.69, 9.17) is 44.3 Å². The molecular formula is C50H48Cl3F2N9O3. The first-order chi connectivity index (χ1) is 32.2. The minimum Gasteiger partial charge on any atom is -0.387 e. The predicted octanol–water partition coefficient (Wildman–Crippen LogP) is 10.8. The Morgan fingerprint density at radius 3 is 1.39 bits per heavy atom. The van der Waals surface area contributed by atoms with Crippen LogP contribution in [0.15, 0.2) is 159 Å². The highest BCUT2D eigenvalue weighted by atomic mass is 35.5. The van der Waals surface area contributed by atoms with Crippen LogP contribution in [0.4, 0.5) is 8.78 Å². The van der Waals surface area contributed by atoms with Gasteiger partial charge in [-0.15, -0.1) is 0 Å². The number of nitrogens with zero attached hydrogens (tertiary/aromatic N) is 9. The molecule has 0 aliphatic carbocycles. The lowest BCUT2D eigenvalue weighted by molar-refractivity contribution is -0.0796. The predicted molar refractivity (Wildman–Crippen MR) is 251 cm³/mol. The molecule has 2 aliphatic heterocycles. The lowest BCUT2D eigenvalue weighted by Gasteiger charge is -2.40. The average Bonchev–Trinajstić information content (AvgIpc) is 3.76. The Hall–Kier alpha value is -5.87. The normalized spacial score (nSPS) is 20.4. The lowest BCUT2D eigenvalue weighted by Crippen LogP contribution is -2.47. The van der Waals surface area contributed by atoms with E-state index in [0.717, 1.165) is 33.7 Å². The van der Waals surface area contributed by atoms with Crippen molar-refractivity contribution in [2.24, 2.45) is 5.41 Å². The number of hydrogen-bond acceptors (Lipinski definition) is 9. The fraction of sp³-hybridized carbons (Fsp3) is 0.280. The molecule has 5 aromatic carbocycles. The van der Waals surface area contributed by atoms with Gasteiger partial charge < -0.3 is 14.6 Å². The summed E-state index contributed by atoms with van der Waals surface area (Å²) in [5.41, 5.74) is 2.42. The fourth-order valence-corrected chi connectivity index (χ4v) is 8.66. The summed E-state index contributed by atoms with van der Waals surface area (Å²) in [7, 11) is 0. The Morgan fingerprint density at radius 2 is 1.00 bits per heavy atom. The number of aliphatic hydroxyl groups is 1.